The molecule has 4 heteroatoms. The molecule has 3 atom stereocenters. The minimum atomic E-state index is -0.272. The van der Waals surface area contributed by atoms with Gasteiger partial charge in [-0.2, -0.15) is 0 Å². The maximum atomic E-state index is 10.0. The van der Waals surface area contributed by atoms with Gasteiger partial charge in [-0.1, -0.05) is 60.7 Å². The molecule has 2 aromatic rings. The van der Waals surface area contributed by atoms with E-state index < -0.39 is 0 Å². The maximum Gasteiger partial charge on any atom is 0.138 e. The SMILES string of the molecule is OC[C@]12CO[C@H](c3ccccc3)N1[C@H](c1ccccc1)SC2. The number of aliphatic hydroxyl groups is 1. The van der Waals surface area contributed by atoms with Crippen LogP contribution >= 0.6 is 11.8 Å². The highest BCUT2D eigenvalue weighted by molar-refractivity contribution is 7.99. The molecule has 0 bridgehead atoms. The molecular weight excluding hydrogens is 294 g/mol. The number of benzene rings is 2. The van der Waals surface area contributed by atoms with Crippen molar-refractivity contribution in [2.24, 2.45) is 0 Å². The fraction of sp³-hybridized carbons (Fsp3) is 0.333. The Kier molecular flexibility index (Phi) is 3.70. The fourth-order valence-corrected chi connectivity index (χ4v) is 5.00. The Morgan fingerprint density at radius 2 is 1.68 bits per heavy atom. The Morgan fingerprint density at radius 3 is 2.32 bits per heavy atom. The van der Waals surface area contributed by atoms with Gasteiger partial charge >= 0.3 is 0 Å². The number of aliphatic hydroxyl groups excluding tert-OH is 1. The van der Waals surface area contributed by atoms with Crippen molar-refractivity contribution in [2.45, 2.75) is 17.1 Å². The Bertz CT molecular complexity index is 583. The number of hydrogen-bond acceptors (Lipinski definition) is 4. The van der Waals surface area contributed by atoms with Crippen molar-refractivity contribution in [2.75, 3.05) is 19.0 Å². The number of nitrogens with zero attached hydrogens (tertiary/aromatic N) is 1. The third kappa shape index (κ3) is 2.18. The highest BCUT2D eigenvalue weighted by Crippen LogP contribution is 2.54. The first-order valence-electron chi connectivity index (χ1n) is 7.56. The predicted octanol–water partition coefficient (Wildman–Crippen LogP) is 3.19. The van der Waals surface area contributed by atoms with Gasteiger partial charge in [0.1, 0.15) is 6.23 Å². The molecule has 22 heavy (non-hydrogen) atoms. The molecule has 0 amide bonds. The van der Waals surface area contributed by atoms with E-state index in [1.54, 1.807) is 0 Å². The van der Waals surface area contributed by atoms with Gasteiger partial charge in [-0.05, 0) is 11.1 Å². The minimum absolute atomic E-state index is 0.0893. The van der Waals surface area contributed by atoms with Gasteiger partial charge in [-0.25, -0.2) is 4.90 Å². The van der Waals surface area contributed by atoms with Crippen LogP contribution in [0.25, 0.3) is 0 Å². The topological polar surface area (TPSA) is 32.7 Å². The normalized spacial score (nSPS) is 31.3. The van der Waals surface area contributed by atoms with E-state index in [-0.39, 0.29) is 23.7 Å². The van der Waals surface area contributed by atoms with Crippen LogP contribution in [0.1, 0.15) is 22.7 Å². The molecule has 2 saturated heterocycles. The van der Waals surface area contributed by atoms with E-state index in [2.05, 4.69) is 41.3 Å². The van der Waals surface area contributed by atoms with E-state index in [0.717, 1.165) is 11.3 Å². The van der Waals surface area contributed by atoms with Crippen molar-refractivity contribution in [3.8, 4) is 0 Å². The summed E-state index contributed by atoms with van der Waals surface area (Å²) >= 11 is 1.90. The highest BCUT2D eigenvalue weighted by atomic mass is 32.2. The largest absolute Gasteiger partial charge is 0.394 e. The molecule has 2 aliphatic rings. The Labute approximate surface area is 134 Å². The fourth-order valence-electron chi connectivity index (χ4n) is 3.36. The van der Waals surface area contributed by atoms with Crippen LogP contribution in [-0.2, 0) is 4.74 Å². The van der Waals surface area contributed by atoms with Gasteiger partial charge in [0, 0.05) is 5.75 Å². The summed E-state index contributed by atoms with van der Waals surface area (Å²) < 4.78 is 6.10. The summed E-state index contributed by atoms with van der Waals surface area (Å²) in [5.41, 5.74) is 2.15. The van der Waals surface area contributed by atoms with Crippen molar-refractivity contribution in [1.29, 1.82) is 0 Å². The molecule has 0 aliphatic carbocycles. The Balaban J connectivity index is 1.74. The molecule has 0 aromatic heterocycles. The maximum absolute atomic E-state index is 10.0. The first-order chi connectivity index (χ1) is 10.8. The third-order valence-electron chi connectivity index (χ3n) is 4.54. The second kappa shape index (κ2) is 5.70. The number of ether oxygens (including phenoxy) is 1. The summed E-state index contributed by atoms with van der Waals surface area (Å²) in [6.45, 7) is 0.714. The lowest BCUT2D eigenvalue weighted by atomic mass is 10.0. The van der Waals surface area contributed by atoms with Gasteiger partial charge < -0.3 is 9.84 Å². The molecular formula is C18H19NO2S. The lowest BCUT2D eigenvalue weighted by Crippen LogP contribution is -2.47. The van der Waals surface area contributed by atoms with Crippen LogP contribution in [0.2, 0.25) is 0 Å². The predicted molar refractivity (Wildman–Crippen MR) is 88.4 cm³/mol. The van der Waals surface area contributed by atoms with Crippen molar-refractivity contribution >= 4 is 11.8 Å². The van der Waals surface area contributed by atoms with E-state index >= 15 is 0 Å². The van der Waals surface area contributed by atoms with Crippen LogP contribution in [0.5, 0.6) is 0 Å². The van der Waals surface area contributed by atoms with E-state index in [1.807, 2.05) is 36.0 Å². The van der Waals surface area contributed by atoms with Crippen molar-refractivity contribution in [1.82, 2.24) is 4.90 Å². The zero-order valence-electron chi connectivity index (χ0n) is 12.3. The summed E-state index contributed by atoms with van der Waals surface area (Å²) in [5.74, 6) is 0.895. The molecule has 3 nitrogen and oxygen atoms in total. The molecule has 2 fully saturated rings. The zero-order valence-corrected chi connectivity index (χ0v) is 13.1. The summed E-state index contributed by atoms with van der Waals surface area (Å²) in [7, 11) is 0. The van der Waals surface area contributed by atoms with Gasteiger partial charge in [0.25, 0.3) is 0 Å². The van der Waals surface area contributed by atoms with Gasteiger partial charge in [-0.15, -0.1) is 11.8 Å². The first kappa shape index (κ1) is 14.3. The third-order valence-corrected chi connectivity index (χ3v) is 6.06. The molecule has 2 aromatic carbocycles. The Hall–Kier alpha value is -1.33. The first-order valence-corrected chi connectivity index (χ1v) is 8.61. The highest BCUT2D eigenvalue weighted by Gasteiger charge is 2.55. The standard InChI is InChI=1S/C18H19NO2S/c20-11-18-12-21-16(14-7-3-1-4-8-14)19(18)17(22-13-18)15-9-5-2-6-10-15/h1-10,16-17,20H,11-13H2/t16-,17+,18-/m1/s1. The van der Waals surface area contributed by atoms with E-state index in [4.69, 9.17) is 4.74 Å². The number of thioether (sulfide) groups is 1. The molecule has 1 N–H and O–H groups in total. The van der Waals surface area contributed by atoms with Crippen LogP contribution in [0.4, 0.5) is 0 Å². The van der Waals surface area contributed by atoms with Crippen LogP contribution in [0.15, 0.2) is 60.7 Å². The van der Waals surface area contributed by atoms with Crippen molar-refractivity contribution in [3.63, 3.8) is 0 Å². The van der Waals surface area contributed by atoms with Gasteiger partial charge in [-0.3, -0.25) is 0 Å². The molecule has 0 spiro atoms. The van der Waals surface area contributed by atoms with Gasteiger partial charge in [0.2, 0.25) is 0 Å². The van der Waals surface area contributed by atoms with Crippen molar-refractivity contribution < 1.29 is 9.84 Å². The molecule has 0 radical (unpaired) electrons. The minimum Gasteiger partial charge on any atom is -0.394 e. The second-order valence-electron chi connectivity index (χ2n) is 5.94. The smallest absolute Gasteiger partial charge is 0.138 e. The summed E-state index contributed by atoms with van der Waals surface area (Å²) in [6.07, 6.45) is -0.0893. The molecule has 4 rings (SSSR count). The number of fused-ring (bicyclic) bond motifs is 1. The van der Waals surface area contributed by atoms with E-state index in [1.165, 1.54) is 5.56 Å². The quantitative estimate of drug-likeness (QED) is 0.943. The van der Waals surface area contributed by atoms with Gasteiger partial charge in [0.05, 0.1) is 24.1 Å². The van der Waals surface area contributed by atoms with Crippen LogP contribution in [-0.4, -0.2) is 34.5 Å². The lowest BCUT2D eigenvalue weighted by Gasteiger charge is -2.34. The van der Waals surface area contributed by atoms with Crippen LogP contribution in [0, 0.1) is 0 Å². The number of hydrogen-bond donors (Lipinski definition) is 1. The lowest BCUT2D eigenvalue weighted by molar-refractivity contribution is 0.0106. The Morgan fingerprint density at radius 1 is 1.05 bits per heavy atom. The molecule has 0 unspecified atom stereocenters. The van der Waals surface area contributed by atoms with Crippen LogP contribution < -0.4 is 0 Å². The molecule has 114 valence electrons. The molecule has 0 saturated carbocycles. The number of rotatable bonds is 3. The second-order valence-corrected chi connectivity index (χ2v) is 7.01. The average Bonchev–Trinajstić information content (AvgIpc) is 3.14. The summed E-state index contributed by atoms with van der Waals surface area (Å²) in [6, 6.07) is 20.8. The summed E-state index contributed by atoms with van der Waals surface area (Å²) in [5, 5.41) is 10.2. The zero-order chi connectivity index (χ0) is 15.0. The molecule has 2 aliphatic heterocycles. The van der Waals surface area contributed by atoms with Crippen LogP contribution in [0.3, 0.4) is 0 Å². The average molecular weight is 313 g/mol. The summed E-state index contributed by atoms with van der Waals surface area (Å²) in [4.78, 5) is 2.36. The van der Waals surface area contributed by atoms with E-state index in [0.29, 0.717) is 6.61 Å². The van der Waals surface area contributed by atoms with Crippen molar-refractivity contribution in [3.05, 3.63) is 71.8 Å². The van der Waals surface area contributed by atoms with Gasteiger partial charge in [0.15, 0.2) is 0 Å². The monoisotopic (exact) mass is 313 g/mol. The molecule has 2 heterocycles. The van der Waals surface area contributed by atoms with E-state index in [9.17, 15) is 5.11 Å².